The lowest BCUT2D eigenvalue weighted by Crippen LogP contribution is -2.15. The van der Waals surface area contributed by atoms with Crippen molar-refractivity contribution in [3.8, 4) is 0 Å². The lowest BCUT2D eigenvalue weighted by atomic mass is 10.1. The molecule has 0 aromatic rings. The second-order valence-corrected chi connectivity index (χ2v) is 2.82. The van der Waals surface area contributed by atoms with Crippen LogP contribution in [0.3, 0.4) is 0 Å². The Morgan fingerprint density at radius 2 is 2.00 bits per heavy atom. The van der Waals surface area contributed by atoms with E-state index in [0.717, 1.165) is 0 Å². The van der Waals surface area contributed by atoms with Gasteiger partial charge in [0.15, 0.2) is 0 Å². The van der Waals surface area contributed by atoms with Crippen LogP contribution < -0.4 is 5.73 Å². The van der Waals surface area contributed by atoms with E-state index in [-0.39, 0.29) is 0 Å². The predicted molar refractivity (Wildman–Crippen MR) is 49.7 cm³/mol. The minimum Gasteiger partial charge on any atom is -0.403 e. The van der Waals surface area contributed by atoms with Crippen molar-refractivity contribution in [1.29, 1.82) is 0 Å². The van der Waals surface area contributed by atoms with Crippen molar-refractivity contribution < 1.29 is 0 Å². The van der Waals surface area contributed by atoms with Gasteiger partial charge >= 0.3 is 0 Å². The van der Waals surface area contributed by atoms with Crippen molar-refractivity contribution in [2.45, 2.75) is 20.8 Å². The Bertz CT molecular complexity index is 157. The zero-order valence-corrected chi connectivity index (χ0v) is 7.83. The molecule has 2 N–H and O–H groups in total. The van der Waals surface area contributed by atoms with Crippen LogP contribution in [0.5, 0.6) is 0 Å². The Balaban J connectivity index is 4.27. The van der Waals surface area contributed by atoms with Crippen LogP contribution in [0.1, 0.15) is 20.8 Å². The van der Waals surface area contributed by atoms with E-state index in [9.17, 15) is 0 Å². The zero-order chi connectivity index (χ0) is 8.85. The monoisotopic (exact) mass is 154 g/mol. The van der Waals surface area contributed by atoms with Gasteiger partial charge in [0.2, 0.25) is 0 Å². The minimum atomic E-state index is 0.543. The van der Waals surface area contributed by atoms with Gasteiger partial charge in [-0.25, -0.2) is 0 Å². The molecule has 0 saturated heterocycles. The molecule has 0 heterocycles. The Morgan fingerprint density at radius 3 is 2.27 bits per heavy atom. The van der Waals surface area contributed by atoms with Crippen LogP contribution in [0, 0.1) is 5.92 Å². The van der Waals surface area contributed by atoms with E-state index in [2.05, 4.69) is 19.9 Å². The first-order chi connectivity index (χ1) is 5.13. The molecular weight excluding hydrogens is 136 g/mol. The summed E-state index contributed by atoms with van der Waals surface area (Å²) in [5, 5.41) is 0. The Labute approximate surface area is 69.4 Å². The molecular formula is C9H18N2. The third kappa shape index (κ3) is 3.12. The van der Waals surface area contributed by atoms with Crippen molar-refractivity contribution in [2.24, 2.45) is 11.7 Å². The first kappa shape index (κ1) is 10.1. The highest BCUT2D eigenvalue weighted by molar-refractivity contribution is 5.05. The largest absolute Gasteiger partial charge is 0.403 e. The standard InChI is InChI=1S/C9H18N2/c1-5-9(8(2)3)11(4)7-6-10/h5-8H,10H2,1-4H3/b7-6-,9-5-. The minimum absolute atomic E-state index is 0.543. The first-order valence-corrected chi connectivity index (χ1v) is 3.91. The Kier molecular flexibility index (Phi) is 4.42. The van der Waals surface area contributed by atoms with Crippen molar-refractivity contribution >= 4 is 0 Å². The molecule has 0 aliphatic rings. The number of allylic oxidation sites excluding steroid dienone is 2. The van der Waals surface area contributed by atoms with Crippen molar-refractivity contribution in [2.75, 3.05) is 7.05 Å². The average molecular weight is 154 g/mol. The molecule has 0 saturated carbocycles. The molecule has 0 amide bonds. The molecule has 2 nitrogen and oxygen atoms in total. The number of rotatable bonds is 3. The average Bonchev–Trinajstić information content (AvgIpc) is 1.88. The van der Waals surface area contributed by atoms with Gasteiger partial charge in [-0.2, -0.15) is 0 Å². The van der Waals surface area contributed by atoms with E-state index in [1.807, 2.05) is 25.1 Å². The number of hydrogen-bond donors (Lipinski definition) is 1. The summed E-state index contributed by atoms with van der Waals surface area (Å²) in [7, 11) is 2.00. The Morgan fingerprint density at radius 1 is 1.45 bits per heavy atom. The highest BCUT2D eigenvalue weighted by atomic mass is 15.1. The van der Waals surface area contributed by atoms with Crippen LogP contribution in [0.25, 0.3) is 0 Å². The highest BCUT2D eigenvalue weighted by Crippen LogP contribution is 2.12. The molecule has 0 atom stereocenters. The highest BCUT2D eigenvalue weighted by Gasteiger charge is 2.03. The van der Waals surface area contributed by atoms with E-state index >= 15 is 0 Å². The quantitative estimate of drug-likeness (QED) is 0.672. The molecule has 0 rings (SSSR count). The van der Waals surface area contributed by atoms with Gasteiger partial charge in [0, 0.05) is 25.1 Å². The fraction of sp³-hybridized carbons (Fsp3) is 0.556. The number of hydrogen-bond acceptors (Lipinski definition) is 2. The number of nitrogens with two attached hydrogens (primary N) is 1. The molecule has 64 valence electrons. The van der Waals surface area contributed by atoms with Crippen LogP contribution in [0.4, 0.5) is 0 Å². The van der Waals surface area contributed by atoms with Gasteiger partial charge in [0.1, 0.15) is 0 Å². The fourth-order valence-electron chi connectivity index (χ4n) is 1.16. The van der Waals surface area contributed by atoms with Gasteiger partial charge in [-0.15, -0.1) is 0 Å². The fourth-order valence-corrected chi connectivity index (χ4v) is 1.16. The van der Waals surface area contributed by atoms with Gasteiger partial charge in [-0.1, -0.05) is 19.9 Å². The third-order valence-electron chi connectivity index (χ3n) is 1.60. The summed E-state index contributed by atoms with van der Waals surface area (Å²) in [6.07, 6.45) is 5.51. The maximum Gasteiger partial charge on any atom is 0.0189 e. The van der Waals surface area contributed by atoms with Gasteiger partial charge in [0.25, 0.3) is 0 Å². The van der Waals surface area contributed by atoms with Crippen LogP contribution in [0.15, 0.2) is 24.2 Å². The normalized spacial score (nSPS) is 13.0. The maximum absolute atomic E-state index is 5.27. The second kappa shape index (κ2) is 4.83. The second-order valence-electron chi connectivity index (χ2n) is 2.82. The third-order valence-corrected chi connectivity index (χ3v) is 1.60. The predicted octanol–water partition coefficient (Wildman–Crippen LogP) is 1.91. The van der Waals surface area contributed by atoms with Crippen LogP contribution in [-0.2, 0) is 0 Å². The van der Waals surface area contributed by atoms with E-state index in [1.54, 1.807) is 6.20 Å². The number of nitrogens with zero attached hydrogens (tertiary/aromatic N) is 1. The lowest BCUT2D eigenvalue weighted by molar-refractivity contribution is 0.486. The van der Waals surface area contributed by atoms with Crippen LogP contribution in [0.2, 0.25) is 0 Å². The zero-order valence-electron chi connectivity index (χ0n) is 7.83. The van der Waals surface area contributed by atoms with Gasteiger partial charge in [-0.3, -0.25) is 0 Å². The SMILES string of the molecule is C/C=C(/C(C)C)N(C)/C=C\N. The summed E-state index contributed by atoms with van der Waals surface area (Å²) in [5.41, 5.74) is 6.56. The van der Waals surface area contributed by atoms with Gasteiger partial charge < -0.3 is 10.6 Å². The van der Waals surface area contributed by atoms with E-state index in [1.165, 1.54) is 5.70 Å². The molecule has 0 fully saturated rings. The summed E-state index contributed by atoms with van der Waals surface area (Å²) in [4.78, 5) is 2.03. The summed E-state index contributed by atoms with van der Waals surface area (Å²) in [6.45, 7) is 6.36. The molecule has 0 aliphatic heterocycles. The molecule has 0 aromatic heterocycles. The van der Waals surface area contributed by atoms with Crippen molar-refractivity contribution in [1.82, 2.24) is 4.90 Å². The lowest BCUT2D eigenvalue weighted by Gasteiger charge is -2.20. The van der Waals surface area contributed by atoms with E-state index < -0.39 is 0 Å². The van der Waals surface area contributed by atoms with E-state index in [4.69, 9.17) is 5.73 Å². The first-order valence-electron chi connectivity index (χ1n) is 3.91. The summed E-state index contributed by atoms with van der Waals surface area (Å²) in [6, 6.07) is 0. The van der Waals surface area contributed by atoms with Crippen molar-refractivity contribution in [3.63, 3.8) is 0 Å². The molecule has 0 spiro atoms. The Hall–Kier alpha value is -0.920. The van der Waals surface area contributed by atoms with Crippen LogP contribution in [-0.4, -0.2) is 11.9 Å². The van der Waals surface area contributed by atoms with Gasteiger partial charge in [0.05, 0.1) is 0 Å². The van der Waals surface area contributed by atoms with Crippen LogP contribution >= 0.6 is 0 Å². The molecule has 0 radical (unpaired) electrons. The topological polar surface area (TPSA) is 29.3 Å². The van der Waals surface area contributed by atoms with Gasteiger partial charge in [-0.05, 0) is 12.8 Å². The van der Waals surface area contributed by atoms with Crippen molar-refractivity contribution in [3.05, 3.63) is 24.2 Å². The maximum atomic E-state index is 5.27. The smallest absolute Gasteiger partial charge is 0.0189 e. The summed E-state index contributed by atoms with van der Waals surface area (Å²) < 4.78 is 0. The van der Waals surface area contributed by atoms with E-state index in [0.29, 0.717) is 5.92 Å². The molecule has 0 bridgehead atoms. The summed E-state index contributed by atoms with van der Waals surface area (Å²) in [5.74, 6) is 0.543. The molecule has 0 aromatic carbocycles. The molecule has 11 heavy (non-hydrogen) atoms. The molecule has 0 unspecified atom stereocenters. The molecule has 0 aliphatic carbocycles. The molecule has 2 heteroatoms. The summed E-state index contributed by atoms with van der Waals surface area (Å²) >= 11 is 0.